The number of fused-ring (bicyclic) bond motifs is 1. The van der Waals surface area contributed by atoms with Crippen LogP contribution in [0.15, 0.2) is 24.3 Å². The average molecular weight is 275 g/mol. The molecule has 1 fully saturated rings. The molecule has 0 aliphatic heterocycles. The summed E-state index contributed by atoms with van der Waals surface area (Å²) >= 11 is 0. The fraction of sp³-hybridized carbons (Fsp3) is 0.647. The van der Waals surface area contributed by atoms with E-state index in [1.807, 2.05) is 0 Å². The van der Waals surface area contributed by atoms with Crippen LogP contribution in [0.25, 0.3) is 0 Å². The summed E-state index contributed by atoms with van der Waals surface area (Å²) in [6.07, 6.45) is 5.60. The number of hydrogen-bond donors (Lipinski definition) is 2. The predicted molar refractivity (Wildman–Crippen MR) is 79.8 cm³/mol. The Labute approximate surface area is 121 Å². The van der Waals surface area contributed by atoms with E-state index in [0.29, 0.717) is 19.2 Å². The van der Waals surface area contributed by atoms with Gasteiger partial charge >= 0.3 is 0 Å². The first-order chi connectivity index (χ1) is 9.81. The molecule has 110 valence electrons. The van der Waals surface area contributed by atoms with Crippen molar-refractivity contribution in [1.29, 1.82) is 0 Å². The zero-order valence-electron chi connectivity index (χ0n) is 12.1. The minimum absolute atomic E-state index is 0.383. The van der Waals surface area contributed by atoms with Gasteiger partial charge in [-0.1, -0.05) is 24.3 Å². The van der Waals surface area contributed by atoms with Crippen molar-refractivity contribution < 1.29 is 9.84 Å². The van der Waals surface area contributed by atoms with Gasteiger partial charge in [0, 0.05) is 19.2 Å². The summed E-state index contributed by atoms with van der Waals surface area (Å²) in [6, 6.07) is 9.17. The second kappa shape index (κ2) is 6.70. The molecule has 0 heterocycles. The van der Waals surface area contributed by atoms with Crippen molar-refractivity contribution >= 4 is 0 Å². The van der Waals surface area contributed by atoms with E-state index in [0.717, 1.165) is 31.8 Å². The van der Waals surface area contributed by atoms with Crippen LogP contribution < -0.4 is 5.32 Å². The van der Waals surface area contributed by atoms with Crippen molar-refractivity contribution in [2.24, 2.45) is 5.92 Å². The highest BCUT2D eigenvalue weighted by atomic mass is 16.5. The SMILES string of the molecule is OC(CNC1CCc2ccccc2C1)COCC1CC1. The van der Waals surface area contributed by atoms with E-state index < -0.39 is 0 Å². The number of rotatable bonds is 7. The molecular weight excluding hydrogens is 250 g/mol. The normalized spacial score (nSPS) is 23.4. The van der Waals surface area contributed by atoms with E-state index in [1.54, 1.807) is 0 Å². The number of benzene rings is 1. The second-order valence-corrected chi connectivity index (χ2v) is 6.25. The molecular formula is C17H25NO2. The number of hydrogen-bond acceptors (Lipinski definition) is 3. The molecule has 2 unspecified atom stereocenters. The van der Waals surface area contributed by atoms with E-state index in [9.17, 15) is 5.11 Å². The van der Waals surface area contributed by atoms with Gasteiger partial charge in [-0.3, -0.25) is 0 Å². The van der Waals surface area contributed by atoms with Gasteiger partial charge < -0.3 is 15.2 Å². The van der Waals surface area contributed by atoms with Gasteiger partial charge in [0.15, 0.2) is 0 Å². The van der Waals surface area contributed by atoms with Gasteiger partial charge in [-0.2, -0.15) is 0 Å². The van der Waals surface area contributed by atoms with Gasteiger partial charge in [-0.25, -0.2) is 0 Å². The van der Waals surface area contributed by atoms with E-state index in [2.05, 4.69) is 29.6 Å². The molecule has 1 aromatic carbocycles. The summed E-state index contributed by atoms with van der Waals surface area (Å²) in [5.74, 6) is 0.769. The Hall–Kier alpha value is -0.900. The van der Waals surface area contributed by atoms with Gasteiger partial charge in [-0.15, -0.1) is 0 Å². The lowest BCUT2D eigenvalue weighted by Gasteiger charge is -2.26. The third-order valence-electron chi connectivity index (χ3n) is 4.35. The Morgan fingerprint density at radius 2 is 2.00 bits per heavy atom. The van der Waals surface area contributed by atoms with Crippen molar-refractivity contribution in [3.05, 3.63) is 35.4 Å². The number of ether oxygens (including phenoxy) is 1. The van der Waals surface area contributed by atoms with Crippen LogP contribution in [-0.2, 0) is 17.6 Å². The van der Waals surface area contributed by atoms with E-state index in [-0.39, 0.29) is 6.10 Å². The highest BCUT2D eigenvalue weighted by Crippen LogP contribution is 2.28. The largest absolute Gasteiger partial charge is 0.389 e. The maximum atomic E-state index is 9.92. The molecule has 0 radical (unpaired) electrons. The summed E-state index contributed by atoms with van der Waals surface area (Å²) < 4.78 is 5.53. The van der Waals surface area contributed by atoms with Crippen LogP contribution in [0, 0.1) is 5.92 Å². The summed E-state index contributed by atoms with van der Waals surface area (Å²) in [5, 5.41) is 13.4. The Bertz CT molecular complexity index is 431. The molecule has 0 amide bonds. The van der Waals surface area contributed by atoms with Crippen molar-refractivity contribution in [3.8, 4) is 0 Å². The lowest BCUT2D eigenvalue weighted by molar-refractivity contribution is 0.0310. The molecule has 1 aromatic rings. The Balaban J connectivity index is 1.36. The molecule has 0 saturated heterocycles. The summed E-state index contributed by atoms with van der Waals surface area (Å²) in [7, 11) is 0. The van der Waals surface area contributed by atoms with E-state index in [4.69, 9.17) is 4.74 Å². The van der Waals surface area contributed by atoms with Crippen LogP contribution in [0.5, 0.6) is 0 Å². The number of aryl methyl sites for hydroxylation is 1. The Morgan fingerprint density at radius 1 is 1.20 bits per heavy atom. The molecule has 1 saturated carbocycles. The van der Waals surface area contributed by atoms with Gasteiger partial charge in [-0.05, 0) is 49.1 Å². The third kappa shape index (κ3) is 4.05. The van der Waals surface area contributed by atoms with Crippen LogP contribution in [0.2, 0.25) is 0 Å². The van der Waals surface area contributed by atoms with Crippen molar-refractivity contribution in [3.63, 3.8) is 0 Å². The fourth-order valence-corrected chi connectivity index (χ4v) is 2.89. The first kappa shape index (κ1) is 14.1. The molecule has 2 N–H and O–H groups in total. The zero-order chi connectivity index (χ0) is 13.8. The van der Waals surface area contributed by atoms with E-state index in [1.165, 1.54) is 24.0 Å². The minimum Gasteiger partial charge on any atom is -0.389 e. The van der Waals surface area contributed by atoms with Gasteiger partial charge in [0.1, 0.15) is 0 Å². The molecule has 3 nitrogen and oxygen atoms in total. The van der Waals surface area contributed by atoms with Crippen molar-refractivity contribution in [2.45, 2.75) is 44.2 Å². The summed E-state index contributed by atoms with van der Waals surface area (Å²) in [4.78, 5) is 0. The lowest BCUT2D eigenvalue weighted by atomic mass is 9.88. The monoisotopic (exact) mass is 275 g/mol. The van der Waals surface area contributed by atoms with Gasteiger partial charge in [0.2, 0.25) is 0 Å². The minimum atomic E-state index is -0.383. The van der Waals surface area contributed by atoms with Crippen molar-refractivity contribution in [2.75, 3.05) is 19.8 Å². The fourth-order valence-electron chi connectivity index (χ4n) is 2.89. The molecule has 3 rings (SSSR count). The van der Waals surface area contributed by atoms with Crippen LogP contribution >= 0.6 is 0 Å². The zero-order valence-corrected chi connectivity index (χ0v) is 12.1. The summed E-state index contributed by atoms with van der Waals surface area (Å²) in [6.45, 7) is 1.93. The Morgan fingerprint density at radius 3 is 2.80 bits per heavy atom. The molecule has 0 bridgehead atoms. The molecule has 3 heteroatoms. The van der Waals surface area contributed by atoms with E-state index >= 15 is 0 Å². The Kier molecular flexibility index (Phi) is 4.71. The van der Waals surface area contributed by atoms with Crippen LogP contribution in [-0.4, -0.2) is 37.0 Å². The third-order valence-corrected chi connectivity index (χ3v) is 4.35. The summed E-state index contributed by atoms with van der Waals surface area (Å²) in [5.41, 5.74) is 2.94. The average Bonchev–Trinajstić information content (AvgIpc) is 3.29. The van der Waals surface area contributed by atoms with Crippen molar-refractivity contribution in [1.82, 2.24) is 5.32 Å². The van der Waals surface area contributed by atoms with Gasteiger partial charge in [0.25, 0.3) is 0 Å². The lowest BCUT2D eigenvalue weighted by Crippen LogP contribution is -2.40. The van der Waals surface area contributed by atoms with Crippen LogP contribution in [0.1, 0.15) is 30.4 Å². The second-order valence-electron chi connectivity index (χ2n) is 6.25. The topological polar surface area (TPSA) is 41.5 Å². The standard InChI is InChI=1S/C17H25NO2/c19-17(12-20-11-13-5-6-13)10-18-16-8-7-14-3-1-2-4-15(14)9-16/h1-4,13,16-19H,5-12H2. The molecule has 20 heavy (non-hydrogen) atoms. The maximum absolute atomic E-state index is 9.92. The van der Waals surface area contributed by atoms with Crippen LogP contribution in [0.3, 0.4) is 0 Å². The number of aliphatic hydroxyl groups is 1. The smallest absolute Gasteiger partial charge is 0.0897 e. The van der Waals surface area contributed by atoms with Gasteiger partial charge in [0.05, 0.1) is 12.7 Å². The molecule has 2 aliphatic rings. The molecule has 2 aliphatic carbocycles. The molecule has 2 atom stereocenters. The highest BCUT2D eigenvalue weighted by molar-refractivity contribution is 5.30. The molecule has 0 aromatic heterocycles. The van der Waals surface area contributed by atoms with Crippen LogP contribution in [0.4, 0.5) is 0 Å². The first-order valence-electron chi connectivity index (χ1n) is 7.87. The maximum Gasteiger partial charge on any atom is 0.0897 e. The quantitative estimate of drug-likeness (QED) is 0.799. The number of aliphatic hydroxyl groups excluding tert-OH is 1. The highest BCUT2D eigenvalue weighted by Gasteiger charge is 2.22. The first-order valence-corrected chi connectivity index (χ1v) is 7.87. The number of nitrogens with one attached hydrogen (secondary N) is 1. The molecule has 0 spiro atoms. The predicted octanol–water partition coefficient (Wildman–Crippen LogP) is 1.92.